The zero-order valence-electron chi connectivity index (χ0n) is 5.76. The first-order chi connectivity index (χ1) is 4.76. The number of aliphatic carboxylic acids is 1. The summed E-state index contributed by atoms with van der Waals surface area (Å²) in [5.74, 6) is -0.163. The highest BCUT2D eigenvalue weighted by molar-refractivity contribution is 5.78. The maximum Gasteiger partial charge on any atom is 0.310 e. The molecule has 2 rings (SSSR count). The fourth-order valence-corrected chi connectivity index (χ4v) is 1.61. The van der Waals surface area contributed by atoms with Gasteiger partial charge in [-0.3, -0.25) is 4.79 Å². The van der Waals surface area contributed by atoms with Crippen molar-refractivity contribution in [2.45, 2.75) is 12.8 Å². The third kappa shape index (κ3) is 0.611. The fraction of sp³-hybridized carbons (Fsp3) is 0.857. The minimum absolute atomic E-state index is 0.300. The van der Waals surface area contributed by atoms with Crippen molar-refractivity contribution in [3.05, 3.63) is 0 Å². The predicted molar refractivity (Wildman–Crippen MR) is 35.7 cm³/mol. The lowest BCUT2D eigenvalue weighted by atomic mass is 9.84. The second kappa shape index (κ2) is 1.72. The number of carbonyl (C=O) groups is 1. The van der Waals surface area contributed by atoms with E-state index < -0.39 is 5.97 Å². The molecular formula is C7H11NO2. The van der Waals surface area contributed by atoms with E-state index in [-0.39, 0.29) is 5.41 Å². The summed E-state index contributed by atoms with van der Waals surface area (Å²) in [6.45, 7) is 1.82. The number of rotatable bonds is 2. The van der Waals surface area contributed by atoms with Gasteiger partial charge < -0.3 is 10.4 Å². The van der Waals surface area contributed by atoms with Gasteiger partial charge in [0.05, 0.1) is 5.41 Å². The van der Waals surface area contributed by atoms with Crippen LogP contribution in [0.3, 0.4) is 0 Å². The number of hydrogen-bond donors (Lipinski definition) is 2. The molecule has 3 heteroatoms. The van der Waals surface area contributed by atoms with Crippen LogP contribution in [-0.4, -0.2) is 24.2 Å². The average molecular weight is 141 g/mol. The molecule has 1 aliphatic carbocycles. The molecule has 0 aromatic heterocycles. The summed E-state index contributed by atoms with van der Waals surface area (Å²) in [4.78, 5) is 10.7. The molecule has 0 aromatic carbocycles. The van der Waals surface area contributed by atoms with E-state index in [1.807, 2.05) is 0 Å². The van der Waals surface area contributed by atoms with Gasteiger partial charge in [0, 0.05) is 13.1 Å². The zero-order chi connectivity index (χ0) is 7.19. The average Bonchev–Trinajstić information content (AvgIpc) is 2.41. The molecule has 1 saturated heterocycles. The van der Waals surface area contributed by atoms with E-state index in [9.17, 15) is 4.79 Å². The van der Waals surface area contributed by atoms with Gasteiger partial charge >= 0.3 is 5.97 Å². The Kier molecular flexibility index (Phi) is 1.06. The predicted octanol–water partition coefficient (Wildman–Crippen LogP) is 0.0706. The lowest BCUT2D eigenvalue weighted by molar-refractivity contribution is -0.146. The molecule has 1 saturated carbocycles. The Morgan fingerprint density at radius 1 is 1.50 bits per heavy atom. The molecule has 0 bridgehead atoms. The summed E-state index contributed by atoms with van der Waals surface area (Å²) >= 11 is 0. The van der Waals surface area contributed by atoms with Gasteiger partial charge in [-0.2, -0.15) is 0 Å². The van der Waals surface area contributed by atoms with Crippen LogP contribution in [0.4, 0.5) is 0 Å². The van der Waals surface area contributed by atoms with Crippen molar-refractivity contribution in [1.29, 1.82) is 0 Å². The van der Waals surface area contributed by atoms with E-state index in [1.54, 1.807) is 0 Å². The Labute approximate surface area is 59.4 Å². The Balaban J connectivity index is 2.06. The molecular weight excluding hydrogens is 130 g/mol. The topological polar surface area (TPSA) is 49.3 Å². The number of hydrogen-bond acceptors (Lipinski definition) is 2. The Bertz CT molecular complexity index is 170. The monoisotopic (exact) mass is 141 g/mol. The van der Waals surface area contributed by atoms with E-state index >= 15 is 0 Å². The molecule has 1 heterocycles. The normalized spacial score (nSPS) is 29.2. The summed E-state index contributed by atoms with van der Waals surface area (Å²) in [6.07, 6.45) is 1.79. The highest BCUT2D eigenvalue weighted by atomic mass is 16.4. The molecule has 0 aromatic rings. The van der Waals surface area contributed by atoms with Crippen LogP contribution < -0.4 is 5.32 Å². The molecule has 2 N–H and O–H groups in total. The van der Waals surface area contributed by atoms with Gasteiger partial charge in [0.25, 0.3) is 0 Å². The second-order valence-corrected chi connectivity index (χ2v) is 3.32. The van der Waals surface area contributed by atoms with Gasteiger partial charge in [0.2, 0.25) is 0 Å². The molecule has 10 heavy (non-hydrogen) atoms. The van der Waals surface area contributed by atoms with Crippen molar-refractivity contribution in [1.82, 2.24) is 5.32 Å². The Hall–Kier alpha value is -0.570. The highest BCUT2D eigenvalue weighted by Gasteiger charge is 2.57. The van der Waals surface area contributed by atoms with Crippen LogP contribution in [-0.2, 0) is 4.79 Å². The maximum absolute atomic E-state index is 10.7. The lowest BCUT2D eigenvalue weighted by Crippen LogP contribution is -2.49. The second-order valence-electron chi connectivity index (χ2n) is 3.32. The summed E-state index contributed by atoms with van der Waals surface area (Å²) in [5.41, 5.74) is -0.300. The summed E-state index contributed by atoms with van der Waals surface area (Å²) in [5, 5.41) is 11.9. The largest absolute Gasteiger partial charge is 0.481 e. The molecule has 1 aliphatic heterocycles. The Morgan fingerprint density at radius 3 is 2.20 bits per heavy atom. The molecule has 0 radical (unpaired) electrons. The first-order valence-corrected chi connectivity index (χ1v) is 3.70. The quantitative estimate of drug-likeness (QED) is 0.572. The van der Waals surface area contributed by atoms with Crippen molar-refractivity contribution >= 4 is 5.97 Å². The molecule has 0 unspecified atom stereocenters. The number of carboxylic acid groups (broad SMARTS) is 1. The van der Waals surface area contributed by atoms with E-state index in [2.05, 4.69) is 5.32 Å². The molecule has 0 spiro atoms. The number of carboxylic acids is 1. The number of nitrogens with one attached hydrogen (secondary N) is 1. The van der Waals surface area contributed by atoms with Gasteiger partial charge in [-0.1, -0.05) is 0 Å². The van der Waals surface area contributed by atoms with Crippen LogP contribution in [0.2, 0.25) is 0 Å². The SMILES string of the molecule is O=C(O)C1(C2CNC2)CC1. The van der Waals surface area contributed by atoms with E-state index in [0.29, 0.717) is 5.92 Å². The fourth-order valence-electron chi connectivity index (χ4n) is 1.61. The van der Waals surface area contributed by atoms with Gasteiger partial charge in [0.1, 0.15) is 0 Å². The van der Waals surface area contributed by atoms with E-state index in [4.69, 9.17) is 5.11 Å². The minimum Gasteiger partial charge on any atom is -0.481 e. The van der Waals surface area contributed by atoms with Crippen LogP contribution in [0.25, 0.3) is 0 Å². The van der Waals surface area contributed by atoms with Gasteiger partial charge in [-0.25, -0.2) is 0 Å². The van der Waals surface area contributed by atoms with Crippen LogP contribution in [0.5, 0.6) is 0 Å². The van der Waals surface area contributed by atoms with Crippen molar-refractivity contribution in [3.8, 4) is 0 Å². The zero-order valence-corrected chi connectivity index (χ0v) is 5.76. The van der Waals surface area contributed by atoms with E-state index in [0.717, 1.165) is 25.9 Å². The van der Waals surface area contributed by atoms with E-state index in [1.165, 1.54) is 0 Å². The van der Waals surface area contributed by atoms with Gasteiger partial charge in [-0.15, -0.1) is 0 Å². The van der Waals surface area contributed by atoms with Crippen molar-refractivity contribution in [3.63, 3.8) is 0 Å². The van der Waals surface area contributed by atoms with Gasteiger partial charge in [0.15, 0.2) is 0 Å². The maximum atomic E-state index is 10.7. The molecule has 2 fully saturated rings. The van der Waals surface area contributed by atoms with Gasteiger partial charge in [-0.05, 0) is 18.8 Å². The summed E-state index contributed by atoms with van der Waals surface area (Å²) < 4.78 is 0. The smallest absolute Gasteiger partial charge is 0.310 e. The third-order valence-corrected chi connectivity index (χ3v) is 2.78. The standard InChI is InChI=1S/C7H11NO2/c9-6(10)7(1-2-7)5-3-8-4-5/h5,8H,1-4H2,(H,9,10). The highest BCUT2D eigenvalue weighted by Crippen LogP contribution is 2.53. The first-order valence-electron chi connectivity index (χ1n) is 3.70. The van der Waals surface area contributed by atoms with Crippen LogP contribution in [0.15, 0.2) is 0 Å². The van der Waals surface area contributed by atoms with Crippen molar-refractivity contribution in [2.75, 3.05) is 13.1 Å². The van der Waals surface area contributed by atoms with Crippen LogP contribution in [0.1, 0.15) is 12.8 Å². The van der Waals surface area contributed by atoms with Crippen LogP contribution in [0, 0.1) is 11.3 Å². The van der Waals surface area contributed by atoms with Crippen LogP contribution >= 0.6 is 0 Å². The summed E-state index contributed by atoms with van der Waals surface area (Å²) in [7, 11) is 0. The van der Waals surface area contributed by atoms with Crippen molar-refractivity contribution in [2.24, 2.45) is 11.3 Å². The molecule has 0 amide bonds. The molecule has 2 aliphatic rings. The summed E-state index contributed by atoms with van der Waals surface area (Å²) in [6, 6.07) is 0. The van der Waals surface area contributed by atoms with Crippen molar-refractivity contribution < 1.29 is 9.90 Å². The lowest BCUT2D eigenvalue weighted by Gasteiger charge is -2.32. The third-order valence-electron chi connectivity index (χ3n) is 2.78. The molecule has 56 valence electrons. The molecule has 3 nitrogen and oxygen atoms in total. The minimum atomic E-state index is -0.584. The molecule has 0 atom stereocenters. The Morgan fingerprint density at radius 2 is 2.10 bits per heavy atom. The first kappa shape index (κ1) is 6.16.